The fourth-order valence-corrected chi connectivity index (χ4v) is 2.01. The predicted octanol–water partition coefficient (Wildman–Crippen LogP) is 2.83. The van der Waals surface area contributed by atoms with Crippen LogP contribution in [0.4, 0.5) is 0 Å². The number of rotatable bonds is 6. The molecule has 1 heterocycles. The summed E-state index contributed by atoms with van der Waals surface area (Å²) < 4.78 is 7.19. The lowest BCUT2D eigenvalue weighted by molar-refractivity contribution is 0.0685. The van der Waals surface area contributed by atoms with Crippen molar-refractivity contribution < 1.29 is 14.6 Å². The standard InChI is InChI=1S/C15H17NO3/c1-2-19-13-6-3-5-12(11-13)8-10-16-9-4-7-14(16)15(17)18/h3-7,9,11H,2,8,10H2,1H3,(H,17,18). The van der Waals surface area contributed by atoms with E-state index in [0.29, 0.717) is 18.8 Å². The van der Waals surface area contributed by atoms with Crippen LogP contribution in [0.5, 0.6) is 5.75 Å². The number of aromatic carboxylic acids is 1. The summed E-state index contributed by atoms with van der Waals surface area (Å²) in [5, 5.41) is 9.02. The topological polar surface area (TPSA) is 51.5 Å². The number of nitrogens with zero attached hydrogens (tertiary/aromatic N) is 1. The third-order valence-corrected chi connectivity index (χ3v) is 2.90. The number of aryl methyl sites for hydroxylation is 2. The highest BCUT2D eigenvalue weighted by Gasteiger charge is 2.08. The molecule has 1 aromatic heterocycles. The van der Waals surface area contributed by atoms with E-state index in [-0.39, 0.29) is 0 Å². The van der Waals surface area contributed by atoms with Crippen LogP contribution in [0.2, 0.25) is 0 Å². The van der Waals surface area contributed by atoms with Gasteiger partial charge in [-0.1, -0.05) is 12.1 Å². The lowest BCUT2D eigenvalue weighted by Gasteiger charge is -2.08. The zero-order valence-corrected chi connectivity index (χ0v) is 10.9. The van der Waals surface area contributed by atoms with Gasteiger partial charge in [-0.3, -0.25) is 0 Å². The van der Waals surface area contributed by atoms with E-state index in [1.165, 1.54) is 0 Å². The Bertz CT molecular complexity index is 560. The van der Waals surface area contributed by atoms with Gasteiger partial charge in [0, 0.05) is 12.7 Å². The Kier molecular flexibility index (Phi) is 4.23. The average molecular weight is 259 g/mol. The summed E-state index contributed by atoms with van der Waals surface area (Å²) >= 11 is 0. The highest BCUT2D eigenvalue weighted by Crippen LogP contribution is 2.14. The van der Waals surface area contributed by atoms with Crippen molar-refractivity contribution >= 4 is 5.97 Å². The van der Waals surface area contributed by atoms with Gasteiger partial charge >= 0.3 is 5.97 Å². The molecule has 4 heteroatoms. The van der Waals surface area contributed by atoms with Crippen LogP contribution in [0.25, 0.3) is 0 Å². The van der Waals surface area contributed by atoms with Crippen LogP contribution in [0.15, 0.2) is 42.6 Å². The van der Waals surface area contributed by atoms with Gasteiger partial charge in [-0.2, -0.15) is 0 Å². The number of carbonyl (C=O) groups is 1. The maximum absolute atomic E-state index is 11.0. The molecule has 0 amide bonds. The van der Waals surface area contributed by atoms with E-state index in [1.807, 2.05) is 31.2 Å². The van der Waals surface area contributed by atoms with Crippen molar-refractivity contribution in [2.45, 2.75) is 19.9 Å². The van der Waals surface area contributed by atoms with Crippen molar-refractivity contribution in [3.05, 3.63) is 53.9 Å². The first-order valence-electron chi connectivity index (χ1n) is 6.31. The van der Waals surface area contributed by atoms with E-state index in [0.717, 1.165) is 17.7 Å². The molecule has 0 bridgehead atoms. The van der Waals surface area contributed by atoms with E-state index in [1.54, 1.807) is 22.9 Å². The smallest absolute Gasteiger partial charge is 0.352 e. The highest BCUT2D eigenvalue weighted by atomic mass is 16.5. The summed E-state index contributed by atoms with van der Waals surface area (Å²) in [4.78, 5) is 11.0. The molecule has 0 spiro atoms. The Labute approximate surface area is 112 Å². The van der Waals surface area contributed by atoms with Crippen LogP contribution in [-0.4, -0.2) is 22.2 Å². The van der Waals surface area contributed by atoms with Crippen LogP contribution in [0, 0.1) is 0 Å². The quantitative estimate of drug-likeness (QED) is 0.867. The summed E-state index contributed by atoms with van der Waals surface area (Å²) in [6.07, 6.45) is 2.56. The SMILES string of the molecule is CCOc1cccc(CCn2cccc2C(=O)O)c1. The fraction of sp³-hybridized carbons (Fsp3) is 0.267. The van der Waals surface area contributed by atoms with Crippen molar-refractivity contribution in [2.75, 3.05) is 6.61 Å². The second-order valence-electron chi connectivity index (χ2n) is 4.22. The van der Waals surface area contributed by atoms with Gasteiger partial charge in [0.05, 0.1) is 6.61 Å². The third kappa shape index (κ3) is 3.37. The Hall–Kier alpha value is -2.23. The van der Waals surface area contributed by atoms with Gasteiger partial charge in [0.1, 0.15) is 11.4 Å². The zero-order valence-electron chi connectivity index (χ0n) is 10.9. The second-order valence-corrected chi connectivity index (χ2v) is 4.22. The van der Waals surface area contributed by atoms with Crippen LogP contribution >= 0.6 is 0 Å². The monoisotopic (exact) mass is 259 g/mol. The van der Waals surface area contributed by atoms with E-state index in [2.05, 4.69) is 0 Å². The van der Waals surface area contributed by atoms with Crippen molar-refractivity contribution in [1.29, 1.82) is 0 Å². The van der Waals surface area contributed by atoms with Crippen molar-refractivity contribution in [2.24, 2.45) is 0 Å². The van der Waals surface area contributed by atoms with Crippen LogP contribution in [0.3, 0.4) is 0 Å². The van der Waals surface area contributed by atoms with Crippen molar-refractivity contribution in [3.63, 3.8) is 0 Å². The van der Waals surface area contributed by atoms with E-state index >= 15 is 0 Å². The summed E-state index contributed by atoms with van der Waals surface area (Å²) in [6.45, 7) is 3.24. The molecule has 4 nitrogen and oxygen atoms in total. The summed E-state index contributed by atoms with van der Waals surface area (Å²) in [6, 6.07) is 11.2. The van der Waals surface area contributed by atoms with Crippen LogP contribution in [0.1, 0.15) is 23.0 Å². The van der Waals surface area contributed by atoms with Crippen molar-refractivity contribution in [3.8, 4) is 5.75 Å². The van der Waals surface area contributed by atoms with Gasteiger partial charge in [0.25, 0.3) is 0 Å². The maximum Gasteiger partial charge on any atom is 0.352 e. The number of carboxylic acid groups (broad SMARTS) is 1. The van der Waals surface area contributed by atoms with E-state index in [4.69, 9.17) is 9.84 Å². The molecule has 0 aliphatic rings. The molecule has 1 aromatic carbocycles. The minimum absolute atomic E-state index is 0.320. The van der Waals surface area contributed by atoms with Crippen LogP contribution < -0.4 is 4.74 Å². The lowest BCUT2D eigenvalue weighted by Crippen LogP contribution is -2.09. The van der Waals surface area contributed by atoms with Gasteiger partial charge in [0.2, 0.25) is 0 Å². The normalized spacial score (nSPS) is 10.4. The number of benzene rings is 1. The molecular formula is C15H17NO3. The largest absolute Gasteiger partial charge is 0.494 e. The van der Waals surface area contributed by atoms with Crippen LogP contribution in [-0.2, 0) is 13.0 Å². The number of ether oxygens (including phenoxy) is 1. The number of hydrogen-bond donors (Lipinski definition) is 1. The Morgan fingerprint density at radius 1 is 1.32 bits per heavy atom. The zero-order chi connectivity index (χ0) is 13.7. The molecule has 19 heavy (non-hydrogen) atoms. The third-order valence-electron chi connectivity index (χ3n) is 2.90. The summed E-state index contributed by atoms with van der Waals surface area (Å²) in [5.41, 5.74) is 1.46. The first-order valence-corrected chi connectivity index (χ1v) is 6.31. The van der Waals surface area contributed by atoms with E-state index in [9.17, 15) is 4.79 Å². The van der Waals surface area contributed by atoms with Gasteiger partial charge < -0.3 is 14.4 Å². The molecule has 100 valence electrons. The van der Waals surface area contributed by atoms with Gasteiger partial charge in [-0.25, -0.2) is 4.79 Å². The molecule has 0 saturated carbocycles. The average Bonchev–Trinajstić information content (AvgIpc) is 2.86. The van der Waals surface area contributed by atoms with Crippen molar-refractivity contribution in [1.82, 2.24) is 4.57 Å². The van der Waals surface area contributed by atoms with Gasteiger partial charge in [0.15, 0.2) is 0 Å². The molecule has 0 atom stereocenters. The van der Waals surface area contributed by atoms with Gasteiger partial charge in [-0.15, -0.1) is 0 Å². The number of carboxylic acids is 1. The molecule has 1 N–H and O–H groups in total. The molecule has 0 aliphatic heterocycles. The number of hydrogen-bond acceptors (Lipinski definition) is 2. The Balaban J connectivity index is 2.04. The van der Waals surface area contributed by atoms with E-state index < -0.39 is 5.97 Å². The summed E-state index contributed by atoms with van der Waals surface area (Å²) in [7, 11) is 0. The molecule has 2 aromatic rings. The molecule has 0 saturated heterocycles. The van der Waals surface area contributed by atoms with Gasteiger partial charge in [-0.05, 0) is 43.2 Å². The first kappa shape index (κ1) is 13.2. The Morgan fingerprint density at radius 2 is 2.16 bits per heavy atom. The number of aromatic nitrogens is 1. The minimum Gasteiger partial charge on any atom is -0.494 e. The molecule has 0 radical (unpaired) electrons. The fourth-order valence-electron chi connectivity index (χ4n) is 2.01. The lowest BCUT2D eigenvalue weighted by atomic mass is 10.1. The molecule has 0 fully saturated rings. The molecule has 0 aliphatic carbocycles. The summed E-state index contributed by atoms with van der Waals surface area (Å²) in [5.74, 6) is -0.0426. The molecular weight excluding hydrogens is 242 g/mol. The predicted molar refractivity (Wildman–Crippen MR) is 72.7 cm³/mol. The highest BCUT2D eigenvalue weighted by molar-refractivity contribution is 5.85. The molecule has 2 rings (SSSR count). The Morgan fingerprint density at radius 3 is 2.89 bits per heavy atom. The first-order chi connectivity index (χ1) is 9.20. The minimum atomic E-state index is -0.895. The second kappa shape index (κ2) is 6.09. The molecule has 0 unspecified atom stereocenters. The maximum atomic E-state index is 11.0.